The minimum atomic E-state index is -0.476. The van der Waals surface area contributed by atoms with Crippen LogP contribution in [0.2, 0.25) is 0 Å². The molecule has 168 valence electrons. The van der Waals surface area contributed by atoms with Gasteiger partial charge in [-0.05, 0) is 47.2 Å². The second-order valence-electron chi connectivity index (χ2n) is 8.13. The van der Waals surface area contributed by atoms with E-state index in [4.69, 9.17) is 4.42 Å². The van der Waals surface area contributed by atoms with Gasteiger partial charge < -0.3 is 9.73 Å². The summed E-state index contributed by atoms with van der Waals surface area (Å²) >= 11 is 0. The summed E-state index contributed by atoms with van der Waals surface area (Å²) in [5.41, 5.74) is 2.13. The van der Waals surface area contributed by atoms with Crippen molar-refractivity contribution >= 4 is 39.1 Å². The quantitative estimate of drug-likeness (QED) is 0.310. The average molecular weight is 457 g/mol. The molecule has 0 unspecified atom stereocenters. The number of anilines is 1. The molecule has 0 atom stereocenters. The highest BCUT2D eigenvalue weighted by molar-refractivity contribution is 6.18. The van der Waals surface area contributed by atoms with Crippen molar-refractivity contribution in [1.29, 1.82) is 0 Å². The number of hydrogen-bond donors (Lipinski definition) is 1. The number of nitrogens with zero attached hydrogens (tertiary/aromatic N) is 2. The molecule has 1 N–H and O–H groups in total. The van der Waals surface area contributed by atoms with Crippen molar-refractivity contribution in [3.8, 4) is 5.69 Å². The van der Waals surface area contributed by atoms with Crippen molar-refractivity contribution in [2.24, 2.45) is 0 Å². The lowest BCUT2D eigenvalue weighted by Crippen LogP contribution is -2.16. The van der Waals surface area contributed by atoms with Gasteiger partial charge in [0.25, 0.3) is 5.91 Å². The molecule has 6 heteroatoms. The van der Waals surface area contributed by atoms with Crippen LogP contribution in [0.4, 0.5) is 5.69 Å². The lowest BCUT2D eigenvalue weighted by Gasteiger charge is -2.04. The molecule has 0 radical (unpaired) electrons. The predicted octanol–water partition coefficient (Wildman–Crippen LogP) is 6.26. The van der Waals surface area contributed by atoms with Gasteiger partial charge in [0.1, 0.15) is 5.58 Å². The van der Waals surface area contributed by atoms with Crippen molar-refractivity contribution < 1.29 is 14.0 Å². The van der Waals surface area contributed by atoms with E-state index in [-0.39, 0.29) is 17.0 Å². The van der Waals surface area contributed by atoms with E-state index in [2.05, 4.69) is 10.4 Å². The van der Waals surface area contributed by atoms with Crippen LogP contribution in [0, 0.1) is 0 Å². The summed E-state index contributed by atoms with van der Waals surface area (Å²) in [6, 6.07) is 31.9. The van der Waals surface area contributed by atoms with Gasteiger partial charge in [0.15, 0.2) is 11.5 Å². The molecule has 6 aromatic rings. The summed E-state index contributed by atoms with van der Waals surface area (Å²) in [6.45, 7) is 0. The van der Waals surface area contributed by atoms with E-state index in [0.717, 1.165) is 21.8 Å². The molecule has 0 saturated carbocycles. The molecule has 6 rings (SSSR count). The fourth-order valence-corrected chi connectivity index (χ4v) is 4.17. The van der Waals surface area contributed by atoms with Gasteiger partial charge in [0.05, 0.1) is 11.3 Å². The van der Waals surface area contributed by atoms with E-state index >= 15 is 0 Å². The van der Waals surface area contributed by atoms with Crippen molar-refractivity contribution in [2.45, 2.75) is 0 Å². The Morgan fingerprint density at radius 3 is 2.29 bits per heavy atom. The maximum atomic E-state index is 13.6. The molecular weight excluding hydrogens is 438 g/mol. The van der Waals surface area contributed by atoms with Gasteiger partial charge in [0, 0.05) is 17.3 Å². The largest absolute Gasteiger partial charge is 0.453 e. The number of hydrogen-bond acceptors (Lipinski definition) is 4. The van der Waals surface area contributed by atoms with E-state index < -0.39 is 11.7 Å². The predicted molar refractivity (Wildman–Crippen MR) is 135 cm³/mol. The summed E-state index contributed by atoms with van der Waals surface area (Å²) in [4.78, 5) is 26.8. The third-order valence-corrected chi connectivity index (χ3v) is 5.88. The molecular formula is C29H19N3O3. The van der Waals surface area contributed by atoms with Gasteiger partial charge in [-0.2, -0.15) is 5.10 Å². The van der Waals surface area contributed by atoms with Crippen molar-refractivity contribution in [3.63, 3.8) is 0 Å². The van der Waals surface area contributed by atoms with E-state index in [1.165, 1.54) is 4.68 Å². The van der Waals surface area contributed by atoms with E-state index in [1.54, 1.807) is 24.4 Å². The van der Waals surface area contributed by atoms with Gasteiger partial charge in [-0.3, -0.25) is 9.59 Å². The Hall–Kier alpha value is -4.97. The third-order valence-electron chi connectivity index (χ3n) is 5.88. The van der Waals surface area contributed by atoms with E-state index in [0.29, 0.717) is 11.3 Å². The first-order chi connectivity index (χ1) is 17.2. The van der Waals surface area contributed by atoms with Crippen LogP contribution in [-0.4, -0.2) is 21.5 Å². The van der Waals surface area contributed by atoms with Crippen LogP contribution in [0.25, 0.3) is 27.4 Å². The van der Waals surface area contributed by atoms with Crippen LogP contribution in [0.1, 0.15) is 26.6 Å². The first kappa shape index (κ1) is 20.6. The average Bonchev–Trinajstić information content (AvgIpc) is 3.55. The smallest absolute Gasteiger partial charge is 0.276 e. The van der Waals surface area contributed by atoms with Crippen molar-refractivity contribution in [1.82, 2.24) is 9.78 Å². The number of para-hydroxylation sites is 2. The lowest BCUT2D eigenvalue weighted by atomic mass is 10.1. The topological polar surface area (TPSA) is 77.1 Å². The van der Waals surface area contributed by atoms with E-state index in [1.807, 2.05) is 84.9 Å². The molecule has 0 saturated heterocycles. The minimum absolute atomic E-state index is 0.0213. The first-order valence-corrected chi connectivity index (χ1v) is 11.1. The number of furan rings is 1. The normalized spacial score (nSPS) is 11.1. The van der Waals surface area contributed by atoms with Gasteiger partial charge in [-0.15, -0.1) is 0 Å². The Morgan fingerprint density at radius 1 is 0.771 bits per heavy atom. The second kappa shape index (κ2) is 8.43. The Bertz CT molecular complexity index is 1700. The zero-order valence-corrected chi connectivity index (χ0v) is 18.5. The van der Waals surface area contributed by atoms with Crippen molar-refractivity contribution in [3.05, 3.63) is 126 Å². The molecule has 35 heavy (non-hydrogen) atoms. The van der Waals surface area contributed by atoms with Crippen LogP contribution in [0.3, 0.4) is 0 Å². The van der Waals surface area contributed by atoms with Gasteiger partial charge in [-0.25, -0.2) is 4.68 Å². The van der Waals surface area contributed by atoms with Crippen LogP contribution in [0.5, 0.6) is 0 Å². The number of aromatic nitrogens is 2. The molecule has 4 aromatic carbocycles. The molecule has 2 heterocycles. The lowest BCUT2D eigenvalue weighted by molar-refractivity contribution is 0.0983. The number of benzene rings is 4. The number of amides is 1. The summed E-state index contributed by atoms with van der Waals surface area (Å²) in [5.74, 6) is -0.737. The molecule has 2 aromatic heterocycles. The molecule has 0 aliphatic rings. The summed E-state index contributed by atoms with van der Waals surface area (Å²) in [6.07, 6.45) is 1.57. The zero-order chi connectivity index (χ0) is 23.8. The maximum Gasteiger partial charge on any atom is 0.276 e. The number of ketones is 1. The van der Waals surface area contributed by atoms with Crippen LogP contribution >= 0.6 is 0 Å². The highest BCUT2D eigenvalue weighted by Gasteiger charge is 2.26. The van der Waals surface area contributed by atoms with E-state index in [9.17, 15) is 9.59 Å². The number of rotatable bonds is 5. The number of carbonyl (C=O) groups is 2. The fourth-order valence-electron chi connectivity index (χ4n) is 4.17. The third kappa shape index (κ3) is 3.77. The zero-order valence-electron chi connectivity index (χ0n) is 18.5. The Morgan fingerprint density at radius 2 is 1.49 bits per heavy atom. The fraction of sp³-hybridized carbons (Fsp3) is 0. The molecule has 0 spiro atoms. The monoisotopic (exact) mass is 457 g/mol. The van der Waals surface area contributed by atoms with Crippen LogP contribution < -0.4 is 5.32 Å². The summed E-state index contributed by atoms with van der Waals surface area (Å²) < 4.78 is 7.47. The highest BCUT2D eigenvalue weighted by atomic mass is 16.3. The maximum absolute atomic E-state index is 13.6. The van der Waals surface area contributed by atoms with Crippen LogP contribution in [0.15, 0.2) is 114 Å². The Labute approximate surface area is 200 Å². The molecule has 1 amide bonds. The summed E-state index contributed by atoms with van der Waals surface area (Å²) in [7, 11) is 0. The second-order valence-corrected chi connectivity index (χ2v) is 8.13. The Balaban J connectivity index is 1.45. The minimum Gasteiger partial charge on any atom is -0.453 e. The first-order valence-electron chi connectivity index (χ1n) is 11.1. The highest BCUT2D eigenvalue weighted by Crippen LogP contribution is 2.30. The molecule has 0 fully saturated rings. The molecule has 0 aliphatic carbocycles. The Kier molecular flexibility index (Phi) is 4.96. The molecule has 0 bridgehead atoms. The SMILES string of the molecule is O=C(c1cc2c(ccc3ccccc32)o1)c1cn(-c2ccccc2)nc1C(=O)Nc1ccccc1. The van der Waals surface area contributed by atoms with Gasteiger partial charge in [0.2, 0.25) is 5.78 Å². The molecule has 6 nitrogen and oxygen atoms in total. The van der Waals surface area contributed by atoms with Crippen molar-refractivity contribution in [2.75, 3.05) is 5.32 Å². The number of nitrogens with one attached hydrogen (secondary N) is 1. The summed E-state index contributed by atoms with van der Waals surface area (Å²) in [5, 5.41) is 10.2. The number of carbonyl (C=O) groups excluding carboxylic acids is 2. The van der Waals surface area contributed by atoms with Gasteiger partial charge >= 0.3 is 0 Å². The number of fused-ring (bicyclic) bond motifs is 3. The standard InChI is InChI=1S/C29H19N3O3/c33-28(26-17-23-22-14-8-7-9-19(22)15-16-25(23)35-26)24-18-32(21-12-5-2-6-13-21)31-27(24)29(34)30-20-10-3-1-4-11-20/h1-18H,(H,30,34). The van der Waals surface area contributed by atoms with Crippen LogP contribution in [-0.2, 0) is 0 Å². The molecule has 0 aliphatic heterocycles. The van der Waals surface area contributed by atoms with Gasteiger partial charge in [-0.1, -0.05) is 66.7 Å².